The van der Waals surface area contributed by atoms with Crippen molar-refractivity contribution in [2.24, 2.45) is 0 Å². The first-order valence-corrected chi connectivity index (χ1v) is 7.77. The molecule has 1 atom stereocenters. The van der Waals surface area contributed by atoms with Gasteiger partial charge in [0.25, 0.3) is 0 Å². The quantitative estimate of drug-likeness (QED) is 0.629. The highest BCUT2D eigenvalue weighted by Gasteiger charge is 2.14. The summed E-state index contributed by atoms with van der Waals surface area (Å²) in [7, 11) is 0. The zero-order chi connectivity index (χ0) is 11.5. The van der Waals surface area contributed by atoms with E-state index < -0.39 is 0 Å². The van der Waals surface area contributed by atoms with E-state index in [-0.39, 0.29) is 4.83 Å². The van der Waals surface area contributed by atoms with Crippen molar-refractivity contribution in [3.05, 3.63) is 56.2 Å². The van der Waals surface area contributed by atoms with Gasteiger partial charge in [-0.15, -0.1) is 11.3 Å². The normalized spacial score (nSPS) is 12.7. The lowest BCUT2D eigenvalue weighted by Gasteiger charge is -2.09. The van der Waals surface area contributed by atoms with Gasteiger partial charge in [-0.3, -0.25) is 0 Å². The van der Waals surface area contributed by atoms with E-state index in [1.54, 1.807) is 11.3 Å². The minimum Gasteiger partial charge on any atom is -0.146 e. The van der Waals surface area contributed by atoms with Crippen LogP contribution in [0.1, 0.15) is 27.8 Å². The number of aryl methyl sites for hydroxylation is 1. The summed E-state index contributed by atoms with van der Waals surface area (Å²) in [5, 5.41) is 2.11. The van der Waals surface area contributed by atoms with E-state index in [1.807, 2.05) is 0 Å². The molecule has 2 rings (SSSR count). The molecule has 0 spiro atoms. The van der Waals surface area contributed by atoms with E-state index in [0.717, 1.165) is 6.42 Å². The smallest absolute Gasteiger partial charge is 0.0749 e. The Kier molecular flexibility index (Phi) is 4.22. The number of benzene rings is 1. The van der Waals surface area contributed by atoms with Crippen molar-refractivity contribution >= 4 is 43.2 Å². The van der Waals surface area contributed by atoms with Crippen LogP contribution >= 0.6 is 43.2 Å². The van der Waals surface area contributed by atoms with Crippen LogP contribution in [0.5, 0.6) is 0 Å². The number of halogens is 2. The Bertz CT molecular complexity index is 459. The molecule has 0 aliphatic heterocycles. The van der Waals surface area contributed by atoms with E-state index >= 15 is 0 Å². The van der Waals surface area contributed by atoms with Gasteiger partial charge in [0.15, 0.2) is 0 Å². The highest BCUT2D eigenvalue weighted by Crippen LogP contribution is 2.38. The van der Waals surface area contributed by atoms with Crippen LogP contribution in [0.2, 0.25) is 0 Å². The first kappa shape index (κ1) is 12.3. The molecular weight excluding hydrogens is 348 g/mol. The standard InChI is InChI=1S/C13H12Br2S/c1-2-9-3-5-10(6-4-9)12(15)13-11(14)7-8-16-13/h3-8,12H,2H2,1H3. The molecule has 0 N–H and O–H groups in total. The summed E-state index contributed by atoms with van der Waals surface area (Å²) in [6.07, 6.45) is 1.09. The third-order valence-corrected chi connectivity index (χ3v) is 5.78. The molecule has 1 aromatic carbocycles. The van der Waals surface area contributed by atoms with Gasteiger partial charge in [-0.2, -0.15) is 0 Å². The molecular formula is C13H12Br2S. The Balaban J connectivity index is 2.27. The van der Waals surface area contributed by atoms with Crippen LogP contribution in [0.3, 0.4) is 0 Å². The summed E-state index contributed by atoms with van der Waals surface area (Å²) in [5.74, 6) is 0. The largest absolute Gasteiger partial charge is 0.146 e. The molecule has 1 aromatic heterocycles. The first-order chi connectivity index (χ1) is 7.72. The lowest BCUT2D eigenvalue weighted by Crippen LogP contribution is -1.91. The van der Waals surface area contributed by atoms with Gasteiger partial charge in [0.1, 0.15) is 0 Å². The average Bonchev–Trinajstić information content (AvgIpc) is 2.75. The third-order valence-electron chi connectivity index (χ3n) is 2.56. The maximum Gasteiger partial charge on any atom is 0.0749 e. The Morgan fingerprint density at radius 1 is 1.19 bits per heavy atom. The van der Waals surface area contributed by atoms with Crippen molar-refractivity contribution in [1.29, 1.82) is 0 Å². The lowest BCUT2D eigenvalue weighted by molar-refractivity contribution is 1.12. The van der Waals surface area contributed by atoms with Crippen LogP contribution < -0.4 is 0 Å². The molecule has 0 nitrogen and oxygen atoms in total. The molecule has 3 heteroatoms. The second-order valence-corrected chi connectivity index (χ2v) is 6.31. The fourth-order valence-electron chi connectivity index (χ4n) is 1.56. The van der Waals surface area contributed by atoms with Gasteiger partial charge in [0.05, 0.1) is 4.83 Å². The SMILES string of the molecule is CCc1ccc(C(Br)c2sccc2Br)cc1. The number of rotatable bonds is 3. The van der Waals surface area contributed by atoms with Crippen molar-refractivity contribution in [3.8, 4) is 0 Å². The van der Waals surface area contributed by atoms with Crippen molar-refractivity contribution in [2.45, 2.75) is 18.2 Å². The van der Waals surface area contributed by atoms with Gasteiger partial charge in [0, 0.05) is 9.35 Å². The second kappa shape index (κ2) is 5.48. The van der Waals surface area contributed by atoms with Crippen LogP contribution in [-0.4, -0.2) is 0 Å². The average molecular weight is 360 g/mol. The van der Waals surface area contributed by atoms with Crippen LogP contribution in [0, 0.1) is 0 Å². The van der Waals surface area contributed by atoms with Gasteiger partial charge in [-0.1, -0.05) is 47.1 Å². The molecule has 0 radical (unpaired) electrons. The maximum absolute atomic E-state index is 3.75. The Morgan fingerprint density at radius 3 is 2.38 bits per heavy atom. The number of alkyl halides is 1. The highest BCUT2D eigenvalue weighted by molar-refractivity contribution is 9.11. The van der Waals surface area contributed by atoms with Crippen LogP contribution in [-0.2, 0) is 6.42 Å². The Morgan fingerprint density at radius 2 is 1.88 bits per heavy atom. The molecule has 0 aliphatic carbocycles. The molecule has 0 saturated carbocycles. The van der Waals surface area contributed by atoms with Gasteiger partial charge in [0.2, 0.25) is 0 Å². The van der Waals surface area contributed by atoms with Crippen molar-refractivity contribution in [3.63, 3.8) is 0 Å². The Labute approximate surface area is 117 Å². The summed E-state index contributed by atoms with van der Waals surface area (Å²) in [6.45, 7) is 2.18. The van der Waals surface area contributed by atoms with Crippen LogP contribution in [0.4, 0.5) is 0 Å². The van der Waals surface area contributed by atoms with Gasteiger partial charge >= 0.3 is 0 Å². The zero-order valence-electron chi connectivity index (χ0n) is 8.91. The van der Waals surface area contributed by atoms with Crippen LogP contribution in [0.25, 0.3) is 0 Å². The lowest BCUT2D eigenvalue weighted by atomic mass is 10.1. The Hall–Kier alpha value is -0.120. The van der Waals surface area contributed by atoms with Gasteiger partial charge in [-0.25, -0.2) is 0 Å². The molecule has 16 heavy (non-hydrogen) atoms. The maximum atomic E-state index is 3.75. The van der Waals surface area contributed by atoms with Gasteiger partial charge < -0.3 is 0 Å². The molecule has 1 heterocycles. The molecule has 84 valence electrons. The summed E-state index contributed by atoms with van der Waals surface area (Å²) >= 11 is 9.09. The second-order valence-electron chi connectivity index (χ2n) is 3.59. The molecule has 0 fully saturated rings. The third kappa shape index (κ3) is 2.58. The van der Waals surface area contributed by atoms with E-state index in [9.17, 15) is 0 Å². The molecule has 0 amide bonds. The first-order valence-electron chi connectivity index (χ1n) is 5.18. The molecule has 0 aliphatic rings. The van der Waals surface area contributed by atoms with E-state index in [2.05, 4.69) is 74.5 Å². The minimum atomic E-state index is 0.285. The van der Waals surface area contributed by atoms with E-state index in [1.165, 1.54) is 20.5 Å². The predicted molar refractivity (Wildman–Crippen MR) is 78.6 cm³/mol. The van der Waals surface area contributed by atoms with E-state index in [4.69, 9.17) is 0 Å². The fraction of sp³-hybridized carbons (Fsp3) is 0.231. The number of hydrogen-bond acceptors (Lipinski definition) is 1. The number of thiophene rings is 1. The van der Waals surface area contributed by atoms with Crippen molar-refractivity contribution in [2.75, 3.05) is 0 Å². The molecule has 2 aromatic rings. The van der Waals surface area contributed by atoms with Crippen LogP contribution in [0.15, 0.2) is 40.2 Å². The minimum absolute atomic E-state index is 0.285. The molecule has 1 unspecified atom stereocenters. The predicted octanol–water partition coefficient (Wildman–Crippen LogP) is 5.56. The van der Waals surface area contributed by atoms with Gasteiger partial charge in [-0.05, 0) is 44.9 Å². The summed E-state index contributed by atoms with van der Waals surface area (Å²) < 4.78 is 1.18. The summed E-state index contributed by atoms with van der Waals surface area (Å²) in [4.78, 5) is 1.61. The van der Waals surface area contributed by atoms with Crippen molar-refractivity contribution < 1.29 is 0 Å². The number of hydrogen-bond donors (Lipinski definition) is 0. The highest BCUT2D eigenvalue weighted by atomic mass is 79.9. The summed E-state index contributed by atoms with van der Waals surface area (Å²) in [5.41, 5.74) is 2.69. The zero-order valence-corrected chi connectivity index (χ0v) is 12.9. The summed E-state index contributed by atoms with van der Waals surface area (Å²) in [6, 6.07) is 10.9. The molecule has 0 bridgehead atoms. The molecule has 0 saturated heterocycles. The topological polar surface area (TPSA) is 0 Å². The van der Waals surface area contributed by atoms with E-state index in [0.29, 0.717) is 0 Å². The fourth-order valence-corrected chi connectivity index (χ4v) is 4.35. The van der Waals surface area contributed by atoms with Crippen molar-refractivity contribution in [1.82, 2.24) is 0 Å². The monoisotopic (exact) mass is 358 g/mol.